The van der Waals surface area contributed by atoms with Crippen LogP contribution < -0.4 is 10.1 Å². The molecule has 0 bridgehead atoms. The molecule has 0 saturated carbocycles. The number of ether oxygens (including phenoxy) is 1. The normalized spacial score (nSPS) is 11.0. The predicted octanol–water partition coefficient (Wildman–Crippen LogP) is 5.47. The van der Waals surface area contributed by atoms with Crippen LogP contribution in [0.5, 0.6) is 5.75 Å². The van der Waals surface area contributed by atoms with E-state index in [1.165, 1.54) is 11.8 Å². The van der Waals surface area contributed by atoms with Gasteiger partial charge in [0.25, 0.3) is 5.91 Å². The molecule has 0 aliphatic rings. The molecular weight excluding hydrogens is 342 g/mol. The molecule has 3 rings (SSSR count). The minimum atomic E-state index is -0.148. The molecule has 0 unspecified atom stereocenters. The molecule has 3 nitrogen and oxygen atoms in total. The standard InChI is InChI=1S/C22H19NO2S/c1-25-19-14-12-18(13-15-19)23-22(24)21(17-8-4-2-5-9-17)16-26-20-10-6-3-7-11-20/h2-16H,1H3,(H,23,24)/b21-16+. The fourth-order valence-corrected chi connectivity index (χ4v) is 3.18. The van der Waals surface area contributed by atoms with Gasteiger partial charge in [0, 0.05) is 10.6 Å². The zero-order valence-corrected chi connectivity index (χ0v) is 15.2. The van der Waals surface area contributed by atoms with Crippen LogP contribution in [-0.4, -0.2) is 13.0 Å². The molecule has 4 heteroatoms. The average Bonchev–Trinajstić information content (AvgIpc) is 2.70. The SMILES string of the molecule is COc1ccc(NC(=O)/C(=C/Sc2ccccc2)c2ccccc2)cc1. The Morgan fingerprint density at radius 2 is 1.50 bits per heavy atom. The van der Waals surface area contributed by atoms with Crippen LogP contribution in [-0.2, 0) is 4.79 Å². The van der Waals surface area contributed by atoms with E-state index in [0.29, 0.717) is 5.57 Å². The van der Waals surface area contributed by atoms with Gasteiger partial charge in [0.1, 0.15) is 5.75 Å². The third kappa shape index (κ3) is 4.77. The van der Waals surface area contributed by atoms with Crippen LogP contribution in [0.25, 0.3) is 5.57 Å². The van der Waals surface area contributed by atoms with E-state index in [9.17, 15) is 4.79 Å². The first-order valence-electron chi connectivity index (χ1n) is 8.19. The average molecular weight is 361 g/mol. The van der Waals surface area contributed by atoms with Crippen molar-refractivity contribution >= 4 is 28.9 Å². The fraction of sp³-hybridized carbons (Fsp3) is 0.0455. The highest BCUT2D eigenvalue weighted by molar-refractivity contribution is 8.02. The summed E-state index contributed by atoms with van der Waals surface area (Å²) in [6.45, 7) is 0. The Kier molecular flexibility index (Phi) is 6.12. The maximum Gasteiger partial charge on any atom is 0.256 e. The van der Waals surface area contributed by atoms with Gasteiger partial charge in [-0.25, -0.2) is 0 Å². The van der Waals surface area contributed by atoms with Crippen LogP contribution in [0.15, 0.2) is 95.2 Å². The van der Waals surface area contributed by atoms with Crippen molar-refractivity contribution < 1.29 is 9.53 Å². The summed E-state index contributed by atoms with van der Waals surface area (Å²) in [7, 11) is 1.62. The van der Waals surface area contributed by atoms with E-state index < -0.39 is 0 Å². The predicted molar refractivity (Wildman–Crippen MR) is 108 cm³/mol. The molecule has 3 aromatic rings. The van der Waals surface area contributed by atoms with E-state index >= 15 is 0 Å². The summed E-state index contributed by atoms with van der Waals surface area (Å²) in [5, 5.41) is 4.84. The molecule has 0 heterocycles. The quantitative estimate of drug-likeness (QED) is 0.467. The Balaban J connectivity index is 1.83. The van der Waals surface area contributed by atoms with Crippen LogP contribution in [0.2, 0.25) is 0 Å². The summed E-state index contributed by atoms with van der Waals surface area (Å²) in [5.74, 6) is 0.603. The van der Waals surface area contributed by atoms with Gasteiger partial charge in [-0.05, 0) is 47.4 Å². The molecule has 1 N–H and O–H groups in total. The Morgan fingerprint density at radius 1 is 0.885 bits per heavy atom. The maximum atomic E-state index is 12.9. The van der Waals surface area contributed by atoms with E-state index in [4.69, 9.17) is 4.74 Å². The van der Waals surface area contributed by atoms with Crippen molar-refractivity contribution in [1.29, 1.82) is 0 Å². The summed E-state index contributed by atoms with van der Waals surface area (Å²) in [5.41, 5.74) is 2.22. The number of hydrogen-bond donors (Lipinski definition) is 1. The van der Waals surface area contributed by atoms with Crippen molar-refractivity contribution in [3.8, 4) is 5.75 Å². The molecule has 0 aliphatic carbocycles. The van der Waals surface area contributed by atoms with Gasteiger partial charge in [-0.3, -0.25) is 4.79 Å². The van der Waals surface area contributed by atoms with Crippen molar-refractivity contribution in [3.05, 3.63) is 95.9 Å². The Bertz CT molecular complexity index is 875. The van der Waals surface area contributed by atoms with Crippen molar-refractivity contribution in [1.82, 2.24) is 0 Å². The van der Waals surface area contributed by atoms with Gasteiger partial charge in [-0.15, -0.1) is 0 Å². The zero-order chi connectivity index (χ0) is 18.2. The van der Waals surface area contributed by atoms with E-state index in [2.05, 4.69) is 5.32 Å². The Labute approximate surface area is 157 Å². The molecule has 130 valence electrons. The van der Waals surface area contributed by atoms with Crippen LogP contribution in [0.3, 0.4) is 0 Å². The summed E-state index contributed by atoms with van der Waals surface area (Å²) in [6.07, 6.45) is 0. The lowest BCUT2D eigenvalue weighted by Gasteiger charge is -2.10. The van der Waals surface area contributed by atoms with Gasteiger partial charge in [0.15, 0.2) is 0 Å². The highest BCUT2D eigenvalue weighted by Crippen LogP contribution is 2.26. The highest BCUT2D eigenvalue weighted by atomic mass is 32.2. The molecule has 3 aromatic carbocycles. The van der Waals surface area contributed by atoms with E-state index in [0.717, 1.165) is 21.9 Å². The number of amides is 1. The first-order chi connectivity index (χ1) is 12.8. The summed E-state index contributed by atoms with van der Waals surface area (Å²) in [4.78, 5) is 13.9. The molecule has 0 aromatic heterocycles. The number of rotatable bonds is 6. The minimum absolute atomic E-state index is 0.148. The molecule has 1 amide bonds. The second-order valence-electron chi connectivity index (χ2n) is 5.51. The summed E-state index contributed by atoms with van der Waals surface area (Å²) in [6, 6.07) is 26.9. The van der Waals surface area contributed by atoms with Crippen molar-refractivity contribution in [2.75, 3.05) is 12.4 Å². The van der Waals surface area contributed by atoms with Gasteiger partial charge in [-0.2, -0.15) is 0 Å². The van der Waals surface area contributed by atoms with Crippen molar-refractivity contribution in [3.63, 3.8) is 0 Å². The summed E-state index contributed by atoms with van der Waals surface area (Å²) < 4.78 is 5.15. The van der Waals surface area contributed by atoms with Gasteiger partial charge in [-0.1, -0.05) is 60.3 Å². The molecule has 0 radical (unpaired) electrons. The van der Waals surface area contributed by atoms with Crippen LogP contribution in [0.1, 0.15) is 5.56 Å². The van der Waals surface area contributed by atoms with Gasteiger partial charge < -0.3 is 10.1 Å². The summed E-state index contributed by atoms with van der Waals surface area (Å²) >= 11 is 1.53. The van der Waals surface area contributed by atoms with Crippen molar-refractivity contribution in [2.24, 2.45) is 0 Å². The maximum absolute atomic E-state index is 12.9. The second-order valence-corrected chi connectivity index (χ2v) is 6.45. The number of thioether (sulfide) groups is 1. The van der Waals surface area contributed by atoms with Gasteiger partial charge >= 0.3 is 0 Å². The van der Waals surface area contributed by atoms with Crippen LogP contribution >= 0.6 is 11.8 Å². The van der Waals surface area contributed by atoms with Gasteiger partial charge in [0.05, 0.1) is 12.7 Å². The zero-order valence-electron chi connectivity index (χ0n) is 14.4. The third-order valence-electron chi connectivity index (χ3n) is 3.73. The molecule has 0 atom stereocenters. The second kappa shape index (κ2) is 8.92. The molecule has 26 heavy (non-hydrogen) atoms. The lowest BCUT2D eigenvalue weighted by molar-refractivity contribution is -0.111. The molecular formula is C22H19NO2S. The monoisotopic (exact) mass is 361 g/mol. The number of benzene rings is 3. The number of carbonyl (C=O) groups is 1. The first kappa shape index (κ1) is 17.8. The van der Waals surface area contributed by atoms with Crippen molar-refractivity contribution in [2.45, 2.75) is 4.90 Å². The van der Waals surface area contributed by atoms with E-state index in [1.807, 2.05) is 90.3 Å². The number of carbonyl (C=O) groups excluding carboxylic acids is 1. The number of hydrogen-bond acceptors (Lipinski definition) is 3. The molecule has 0 saturated heterocycles. The van der Waals surface area contributed by atoms with E-state index in [1.54, 1.807) is 7.11 Å². The third-order valence-corrected chi connectivity index (χ3v) is 4.63. The van der Waals surface area contributed by atoms with Crippen LogP contribution in [0.4, 0.5) is 5.69 Å². The van der Waals surface area contributed by atoms with E-state index in [-0.39, 0.29) is 5.91 Å². The lowest BCUT2D eigenvalue weighted by Crippen LogP contribution is -2.13. The number of methoxy groups -OCH3 is 1. The Hall–Kier alpha value is -2.98. The minimum Gasteiger partial charge on any atom is -0.497 e. The topological polar surface area (TPSA) is 38.3 Å². The smallest absolute Gasteiger partial charge is 0.256 e. The number of anilines is 1. The largest absolute Gasteiger partial charge is 0.497 e. The first-order valence-corrected chi connectivity index (χ1v) is 9.07. The number of nitrogens with one attached hydrogen (secondary N) is 1. The fourth-order valence-electron chi connectivity index (χ4n) is 2.37. The highest BCUT2D eigenvalue weighted by Gasteiger charge is 2.12. The van der Waals surface area contributed by atoms with Crippen LogP contribution in [0, 0.1) is 0 Å². The Morgan fingerprint density at radius 3 is 2.12 bits per heavy atom. The molecule has 0 aliphatic heterocycles. The lowest BCUT2D eigenvalue weighted by atomic mass is 10.1. The van der Waals surface area contributed by atoms with Gasteiger partial charge in [0.2, 0.25) is 0 Å². The molecule has 0 spiro atoms. The molecule has 0 fully saturated rings.